The summed E-state index contributed by atoms with van der Waals surface area (Å²) in [7, 11) is 0. The molecule has 3 rings (SSSR count). The Kier molecular flexibility index (Phi) is 3.15. The molecule has 0 spiro atoms. The van der Waals surface area contributed by atoms with Gasteiger partial charge in [0, 0.05) is 18.0 Å². The molecule has 1 aliphatic heterocycles. The van der Waals surface area contributed by atoms with Crippen LogP contribution < -0.4 is 5.32 Å². The third-order valence-electron chi connectivity index (χ3n) is 3.57. The van der Waals surface area contributed by atoms with Gasteiger partial charge in [-0.05, 0) is 43.1 Å². The van der Waals surface area contributed by atoms with Crippen molar-refractivity contribution in [3.63, 3.8) is 0 Å². The number of thioether (sulfide) groups is 1. The summed E-state index contributed by atoms with van der Waals surface area (Å²) >= 11 is 2.12. The van der Waals surface area contributed by atoms with E-state index in [1.165, 1.54) is 42.7 Å². The lowest BCUT2D eigenvalue weighted by molar-refractivity contribution is 0.514. The average Bonchev–Trinajstić information content (AvgIpc) is 2.96. The van der Waals surface area contributed by atoms with Crippen LogP contribution in [0, 0.1) is 0 Å². The summed E-state index contributed by atoms with van der Waals surface area (Å²) in [6, 6.07) is 4.78. The second-order valence-corrected chi connectivity index (χ2v) is 6.09. The van der Waals surface area contributed by atoms with Gasteiger partial charge in [0.2, 0.25) is 0 Å². The summed E-state index contributed by atoms with van der Waals surface area (Å²) in [5.41, 5.74) is 2.74. The Hall–Kier alpha value is -0.540. The number of nitrogens with one attached hydrogen (secondary N) is 1. The SMILES string of the molecule is c1cnc2c(c1)CCC2NCC1CCCS1. The van der Waals surface area contributed by atoms with Gasteiger partial charge in [-0.25, -0.2) is 0 Å². The monoisotopic (exact) mass is 234 g/mol. The van der Waals surface area contributed by atoms with Crippen molar-refractivity contribution in [2.75, 3.05) is 12.3 Å². The van der Waals surface area contributed by atoms with E-state index in [0.717, 1.165) is 11.8 Å². The molecule has 1 N–H and O–H groups in total. The Morgan fingerprint density at radius 3 is 3.31 bits per heavy atom. The van der Waals surface area contributed by atoms with Gasteiger partial charge in [-0.3, -0.25) is 4.98 Å². The first-order chi connectivity index (χ1) is 7.93. The molecule has 1 aromatic heterocycles. The predicted molar refractivity (Wildman–Crippen MR) is 68.8 cm³/mol. The molecule has 1 saturated heterocycles. The Bertz CT molecular complexity index is 361. The van der Waals surface area contributed by atoms with Crippen molar-refractivity contribution in [1.82, 2.24) is 10.3 Å². The maximum absolute atomic E-state index is 4.52. The second-order valence-electron chi connectivity index (χ2n) is 4.68. The van der Waals surface area contributed by atoms with Gasteiger partial charge in [0.25, 0.3) is 0 Å². The summed E-state index contributed by atoms with van der Waals surface area (Å²) in [5.74, 6) is 1.35. The van der Waals surface area contributed by atoms with Gasteiger partial charge < -0.3 is 5.32 Å². The summed E-state index contributed by atoms with van der Waals surface area (Å²) in [4.78, 5) is 4.52. The minimum atomic E-state index is 0.511. The third-order valence-corrected chi connectivity index (χ3v) is 4.97. The first kappa shape index (κ1) is 10.6. The van der Waals surface area contributed by atoms with Crippen molar-refractivity contribution < 1.29 is 0 Å². The summed E-state index contributed by atoms with van der Waals surface area (Å²) in [6.07, 6.45) is 7.13. The molecule has 0 saturated carbocycles. The molecule has 2 aliphatic rings. The van der Waals surface area contributed by atoms with Crippen molar-refractivity contribution >= 4 is 11.8 Å². The van der Waals surface area contributed by atoms with E-state index in [2.05, 4.69) is 28.1 Å². The van der Waals surface area contributed by atoms with E-state index in [-0.39, 0.29) is 0 Å². The first-order valence-corrected chi connectivity index (χ1v) is 7.27. The Morgan fingerprint density at radius 1 is 1.44 bits per heavy atom. The van der Waals surface area contributed by atoms with Crippen molar-refractivity contribution in [3.05, 3.63) is 29.6 Å². The zero-order valence-electron chi connectivity index (χ0n) is 9.48. The highest BCUT2D eigenvalue weighted by molar-refractivity contribution is 8.00. The number of rotatable bonds is 3. The van der Waals surface area contributed by atoms with Crippen LogP contribution in [0.15, 0.2) is 18.3 Å². The van der Waals surface area contributed by atoms with Gasteiger partial charge in [-0.2, -0.15) is 11.8 Å². The molecule has 1 aliphatic carbocycles. The highest BCUT2D eigenvalue weighted by atomic mass is 32.2. The van der Waals surface area contributed by atoms with Gasteiger partial charge in [-0.15, -0.1) is 0 Å². The number of hydrogen-bond acceptors (Lipinski definition) is 3. The number of nitrogens with zero attached hydrogens (tertiary/aromatic N) is 1. The minimum absolute atomic E-state index is 0.511. The molecule has 0 radical (unpaired) electrons. The standard InChI is InChI=1S/C13H18N2S/c1-3-10-5-6-12(13(10)14-7-1)15-9-11-4-2-8-16-11/h1,3,7,11-12,15H,2,4-6,8-9H2. The molecule has 86 valence electrons. The maximum atomic E-state index is 4.52. The van der Waals surface area contributed by atoms with E-state index < -0.39 is 0 Å². The van der Waals surface area contributed by atoms with Crippen LogP contribution >= 0.6 is 11.8 Å². The van der Waals surface area contributed by atoms with Crippen molar-refractivity contribution in [2.45, 2.75) is 37.0 Å². The van der Waals surface area contributed by atoms with Crippen LogP contribution in [-0.2, 0) is 6.42 Å². The van der Waals surface area contributed by atoms with Crippen LogP contribution in [0.2, 0.25) is 0 Å². The molecule has 16 heavy (non-hydrogen) atoms. The van der Waals surface area contributed by atoms with Crippen LogP contribution in [0.4, 0.5) is 0 Å². The van der Waals surface area contributed by atoms with Gasteiger partial charge >= 0.3 is 0 Å². The van der Waals surface area contributed by atoms with Gasteiger partial charge in [0.1, 0.15) is 0 Å². The third kappa shape index (κ3) is 2.11. The lowest BCUT2D eigenvalue weighted by atomic mass is 10.2. The smallest absolute Gasteiger partial charge is 0.0605 e. The molecule has 0 amide bonds. The fourth-order valence-electron chi connectivity index (χ4n) is 2.69. The van der Waals surface area contributed by atoms with Crippen LogP contribution in [0.25, 0.3) is 0 Å². The van der Waals surface area contributed by atoms with E-state index in [9.17, 15) is 0 Å². The van der Waals surface area contributed by atoms with Gasteiger partial charge in [0.15, 0.2) is 0 Å². The number of hydrogen-bond donors (Lipinski definition) is 1. The number of fused-ring (bicyclic) bond motifs is 1. The molecule has 1 aromatic rings. The number of aryl methyl sites for hydroxylation is 1. The van der Waals surface area contributed by atoms with Crippen molar-refractivity contribution in [3.8, 4) is 0 Å². The first-order valence-electron chi connectivity index (χ1n) is 6.22. The van der Waals surface area contributed by atoms with Crippen LogP contribution in [0.3, 0.4) is 0 Å². The van der Waals surface area contributed by atoms with Crippen molar-refractivity contribution in [2.24, 2.45) is 0 Å². The van der Waals surface area contributed by atoms with E-state index in [1.54, 1.807) is 0 Å². The minimum Gasteiger partial charge on any atom is -0.308 e. The van der Waals surface area contributed by atoms with Crippen LogP contribution in [-0.4, -0.2) is 22.5 Å². The number of aromatic nitrogens is 1. The summed E-state index contributed by atoms with van der Waals surface area (Å²) < 4.78 is 0. The Labute approximate surface area is 101 Å². The number of pyridine rings is 1. The fraction of sp³-hybridized carbons (Fsp3) is 0.615. The lowest BCUT2D eigenvalue weighted by Gasteiger charge is -2.16. The molecule has 2 atom stereocenters. The molecule has 2 unspecified atom stereocenters. The lowest BCUT2D eigenvalue weighted by Crippen LogP contribution is -2.27. The van der Waals surface area contributed by atoms with Crippen LogP contribution in [0.5, 0.6) is 0 Å². The second kappa shape index (κ2) is 4.76. The zero-order valence-corrected chi connectivity index (χ0v) is 10.3. The average molecular weight is 234 g/mol. The quantitative estimate of drug-likeness (QED) is 0.870. The molecular weight excluding hydrogens is 216 g/mol. The van der Waals surface area contributed by atoms with E-state index >= 15 is 0 Å². The fourth-order valence-corrected chi connectivity index (χ4v) is 3.90. The maximum Gasteiger partial charge on any atom is 0.0605 e. The molecular formula is C13H18N2S. The topological polar surface area (TPSA) is 24.9 Å². The normalized spacial score (nSPS) is 28.2. The van der Waals surface area contributed by atoms with E-state index in [0.29, 0.717) is 6.04 Å². The van der Waals surface area contributed by atoms with Crippen LogP contribution in [0.1, 0.15) is 36.6 Å². The Balaban J connectivity index is 1.60. The highest BCUT2D eigenvalue weighted by Gasteiger charge is 2.24. The molecule has 2 nitrogen and oxygen atoms in total. The largest absolute Gasteiger partial charge is 0.308 e. The molecule has 3 heteroatoms. The van der Waals surface area contributed by atoms with E-state index in [1.807, 2.05) is 12.3 Å². The van der Waals surface area contributed by atoms with Gasteiger partial charge in [0.05, 0.1) is 11.7 Å². The van der Waals surface area contributed by atoms with Gasteiger partial charge in [-0.1, -0.05) is 6.07 Å². The van der Waals surface area contributed by atoms with Crippen molar-refractivity contribution in [1.29, 1.82) is 0 Å². The molecule has 0 bridgehead atoms. The molecule has 2 heterocycles. The predicted octanol–water partition coefficient (Wildman–Crippen LogP) is 2.55. The molecule has 0 aromatic carbocycles. The Morgan fingerprint density at radius 2 is 2.44 bits per heavy atom. The highest BCUT2D eigenvalue weighted by Crippen LogP contribution is 2.30. The zero-order chi connectivity index (χ0) is 10.8. The summed E-state index contributed by atoms with van der Waals surface area (Å²) in [6.45, 7) is 1.16. The summed E-state index contributed by atoms with van der Waals surface area (Å²) in [5, 5.41) is 4.54. The van der Waals surface area contributed by atoms with E-state index in [4.69, 9.17) is 0 Å². The molecule has 1 fully saturated rings.